The molecule has 0 saturated heterocycles. The fourth-order valence-corrected chi connectivity index (χ4v) is 1.68. The lowest BCUT2D eigenvalue weighted by Crippen LogP contribution is -2.10. The normalized spacial score (nSPS) is 9.67. The van der Waals surface area contributed by atoms with E-state index in [4.69, 9.17) is 19.8 Å². The SMILES string of the molecule is N#Cc1ccc(OCc2ccccc2)cc1OCC(=O)O. The predicted octanol–water partition coefficient (Wildman–Crippen LogP) is 2.60. The second-order valence-electron chi connectivity index (χ2n) is 4.23. The van der Waals surface area contributed by atoms with Crippen LogP contribution in [-0.4, -0.2) is 17.7 Å². The van der Waals surface area contributed by atoms with Gasteiger partial charge in [-0.05, 0) is 17.7 Å². The highest BCUT2D eigenvalue weighted by atomic mass is 16.5. The van der Waals surface area contributed by atoms with Gasteiger partial charge in [0.15, 0.2) is 6.61 Å². The molecule has 5 nitrogen and oxygen atoms in total. The Labute approximate surface area is 122 Å². The van der Waals surface area contributed by atoms with E-state index in [0.29, 0.717) is 12.4 Å². The van der Waals surface area contributed by atoms with Gasteiger partial charge in [-0.1, -0.05) is 30.3 Å². The Morgan fingerprint density at radius 3 is 2.57 bits per heavy atom. The summed E-state index contributed by atoms with van der Waals surface area (Å²) in [6.45, 7) is -0.123. The van der Waals surface area contributed by atoms with Crippen molar-refractivity contribution < 1.29 is 19.4 Å². The predicted molar refractivity (Wildman–Crippen MR) is 75.1 cm³/mol. The molecule has 0 atom stereocenters. The summed E-state index contributed by atoms with van der Waals surface area (Å²) in [4.78, 5) is 10.5. The molecule has 0 unspecified atom stereocenters. The van der Waals surface area contributed by atoms with Crippen LogP contribution in [0, 0.1) is 11.3 Å². The molecule has 0 aliphatic carbocycles. The van der Waals surface area contributed by atoms with Crippen LogP contribution in [0.2, 0.25) is 0 Å². The minimum absolute atomic E-state index is 0.200. The number of carboxylic acids is 1. The Morgan fingerprint density at radius 1 is 1.14 bits per heavy atom. The fraction of sp³-hybridized carbons (Fsp3) is 0.125. The van der Waals surface area contributed by atoms with Gasteiger partial charge in [-0.15, -0.1) is 0 Å². The van der Waals surface area contributed by atoms with Gasteiger partial charge in [-0.3, -0.25) is 0 Å². The summed E-state index contributed by atoms with van der Waals surface area (Å²) in [6.07, 6.45) is 0. The average Bonchev–Trinajstić information content (AvgIpc) is 2.52. The monoisotopic (exact) mass is 283 g/mol. The van der Waals surface area contributed by atoms with Gasteiger partial charge >= 0.3 is 5.97 Å². The lowest BCUT2D eigenvalue weighted by Gasteiger charge is -2.10. The number of ether oxygens (including phenoxy) is 2. The smallest absolute Gasteiger partial charge is 0.341 e. The third kappa shape index (κ3) is 4.25. The molecule has 0 aliphatic heterocycles. The van der Waals surface area contributed by atoms with E-state index in [2.05, 4.69) is 0 Å². The zero-order valence-corrected chi connectivity index (χ0v) is 11.2. The van der Waals surface area contributed by atoms with E-state index in [1.807, 2.05) is 36.4 Å². The maximum absolute atomic E-state index is 10.5. The van der Waals surface area contributed by atoms with E-state index >= 15 is 0 Å². The van der Waals surface area contributed by atoms with Crippen molar-refractivity contribution in [3.63, 3.8) is 0 Å². The van der Waals surface area contributed by atoms with Gasteiger partial charge in [0.2, 0.25) is 0 Å². The Morgan fingerprint density at radius 2 is 1.90 bits per heavy atom. The molecule has 0 aromatic heterocycles. The van der Waals surface area contributed by atoms with Crippen molar-refractivity contribution >= 4 is 5.97 Å². The minimum atomic E-state index is -1.10. The van der Waals surface area contributed by atoms with Gasteiger partial charge in [-0.25, -0.2) is 4.79 Å². The highest BCUT2D eigenvalue weighted by molar-refractivity contribution is 5.68. The van der Waals surface area contributed by atoms with Gasteiger partial charge in [0.1, 0.15) is 24.2 Å². The third-order valence-corrected chi connectivity index (χ3v) is 2.67. The summed E-state index contributed by atoms with van der Waals surface area (Å²) in [5.74, 6) is -0.391. The summed E-state index contributed by atoms with van der Waals surface area (Å²) >= 11 is 0. The summed E-state index contributed by atoms with van der Waals surface area (Å²) in [6, 6.07) is 16.3. The molecule has 0 radical (unpaired) electrons. The van der Waals surface area contributed by atoms with Gasteiger partial charge < -0.3 is 14.6 Å². The second-order valence-corrected chi connectivity index (χ2v) is 4.23. The quantitative estimate of drug-likeness (QED) is 0.881. The molecule has 106 valence electrons. The highest BCUT2D eigenvalue weighted by Gasteiger charge is 2.08. The van der Waals surface area contributed by atoms with Crippen LogP contribution in [0.15, 0.2) is 48.5 Å². The van der Waals surface area contributed by atoms with Crippen LogP contribution >= 0.6 is 0 Å². The number of nitriles is 1. The van der Waals surface area contributed by atoms with Gasteiger partial charge in [0.05, 0.1) is 5.56 Å². The molecule has 2 rings (SSSR count). The molecule has 0 spiro atoms. The van der Waals surface area contributed by atoms with Crippen molar-refractivity contribution in [2.24, 2.45) is 0 Å². The lowest BCUT2D eigenvalue weighted by molar-refractivity contribution is -0.139. The first-order chi connectivity index (χ1) is 10.2. The first-order valence-corrected chi connectivity index (χ1v) is 6.24. The van der Waals surface area contributed by atoms with Crippen LogP contribution in [0.1, 0.15) is 11.1 Å². The van der Waals surface area contributed by atoms with E-state index in [-0.39, 0.29) is 11.3 Å². The molecule has 1 N–H and O–H groups in total. The molecule has 5 heteroatoms. The number of nitrogens with zero attached hydrogens (tertiary/aromatic N) is 1. The lowest BCUT2D eigenvalue weighted by atomic mass is 10.2. The summed E-state index contributed by atoms with van der Waals surface area (Å²) < 4.78 is 10.7. The molecule has 0 amide bonds. The molecule has 0 fully saturated rings. The van der Waals surface area contributed by atoms with E-state index in [1.165, 1.54) is 12.1 Å². The maximum atomic E-state index is 10.5. The first kappa shape index (κ1) is 14.4. The first-order valence-electron chi connectivity index (χ1n) is 6.24. The number of carbonyl (C=O) groups is 1. The standard InChI is InChI=1S/C16H13NO4/c17-9-13-6-7-14(8-15(13)21-11-16(18)19)20-10-12-4-2-1-3-5-12/h1-8H,10-11H2,(H,18,19). The van der Waals surface area contributed by atoms with Crippen molar-refractivity contribution in [1.82, 2.24) is 0 Å². The fourth-order valence-electron chi connectivity index (χ4n) is 1.68. The van der Waals surface area contributed by atoms with Crippen LogP contribution in [-0.2, 0) is 11.4 Å². The molecular weight excluding hydrogens is 270 g/mol. The van der Waals surface area contributed by atoms with E-state index in [1.54, 1.807) is 6.07 Å². The zero-order valence-electron chi connectivity index (χ0n) is 11.2. The maximum Gasteiger partial charge on any atom is 0.341 e. The van der Waals surface area contributed by atoms with Crippen LogP contribution in [0.4, 0.5) is 0 Å². The Balaban J connectivity index is 2.08. The van der Waals surface area contributed by atoms with Crippen molar-refractivity contribution in [1.29, 1.82) is 5.26 Å². The molecule has 21 heavy (non-hydrogen) atoms. The van der Waals surface area contributed by atoms with Crippen molar-refractivity contribution in [3.8, 4) is 17.6 Å². The highest BCUT2D eigenvalue weighted by Crippen LogP contribution is 2.25. The molecule has 2 aromatic rings. The van der Waals surface area contributed by atoms with Crippen LogP contribution in [0.3, 0.4) is 0 Å². The molecular formula is C16H13NO4. The summed E-state index contributed by atoms with van der Waals surface area (Å²) in [7, 11) is 0. The van der Waals surface area contributed by atoms with Gasteiger partial charge in [0, 0.05) is 6.07 Å². The summed E-state index contributed by atoms with van der Waals surface area (Å²) in [5.41, 5.74) is 1.28. The average molecular weight is 283 g/mol. The number of hydrogen-bond acceptors (Lipinski definition) is 4. The number of carboxylic acid groups (broad SMARTS) is 1. The van der Waals surface area contributed by atoms with Crippen LogP contribution < -0.4 is 9.47 Å². The molecule has 0 saturated carbocycles. The topological polar surface area (TPSA) is 79.5 Å². The Kier molecular flexibility index (Phi) is 4.78. The van der Waals surface area contributed by atoms with Crippen molar-refractivity contribution in [2.75, 3.05) is 6.61 Å². The zero-order chi connectivity index (χ0) is 15.1. The molecule has 0 aliphatic rings. The Hall–Kier alpha value is -3.00. The largest absolute Gasteiger partial charge is 0.489 e. The van der Waals surface area contributed by atoms with E-state index in [9.17, 15) is 4.79 Å². The second kappa shape index (κ2) is 6.96. The number of rotatable bonds is 6. The molecule has 0 heterocycles. The number of aliphatic carboxylic acids is 1. The van der Waals surface area contributed by atoms with E-state index in [0.717, 1.165) is 5.56 Å². The van der Waals surface area contributed by atoms with Crippen LogP contribution in [0.25, 0.3) is 0 Å². The Bertz CT molecular complexity index is 662. The summed E-state index contributed by atoms with van der Waals surface area (Å²) in [5, 5.41) is 17.6. The van der Waals surface area contributed by atoms with Crippen LogP contribution in [0.5, 0.6) is 11.5 Å². The number of benzene rings is 2. The van der Waals surface area contributed by atoms with Crippen molar-refractivity contribution in [2.45, 2.75) is 6.61 Å². The minimum Gasteiger partial charge on any atom is -0.489 e. The molecule has 0 bridgehead atoms. The van der Waals surface area contributed by atoms with Gasteiger partial charge in [0.25, 0.3) is 0 Å². The van der Waals surface area contributed by atoms with Crippen molar-refractivity contribution in [3.05, 3.63) is 59.7 Å². The van der Waals surface area contributed by atoms with E-state index < -0.39 is 12.6 Å². The number of hydrogen-bond donors (Lipinski definition) is 1. The third-order valence-electron chi connectivity index (χ3n) is 2.67. The van der Waals surface area contributed by atoms with Gasteiger partial charge in [-0.2, -0.15) is 5.26 Å². The molecule has 2 aromatic carbocycles.